The third kappa shape index (κ3) is 9.37. The smallest absolute Gasteiger partial charge is 0.191 e. The van der Waals surface area contributed by atoms with Crippen molar-refractivity contribution in [2.45, 2.75) is 26.4 Å². The highest BCUT2D eigenvalue weighted by molar-refractivity contribution is 5.79. The Hall–Kier alpha value is -1.59. The molecule has 0 atom stereocenters. The van der Waals surface area contributed by atoms with Gasteiger partial charge in [0.1, 0.15) is 0 Å². The highest BCUT2D eigenvalue weighted by Crippen LogP contribution is 2.01. The number of guanidine groups is 1. The monoisotopic (exact) mass is 307 g/mol. The molecule has 5 nitrogen and oxygen atoms in total. The summed E-state index contributed by atoms with van der Waals surface area (Å²) in [6.45, 7) is 6.58. The summed E-state index contributed by atoms with van der Waals surface area (Å²) in [6, 6.07) is 10.3. The lowest BCUT2D eigenvalue weighted by atomic mass is 10.2. The van der Waals surface area contributed by atoms with E-state index in [9.17, 15) is 0 Å². The topological polar surface area (TPSA) is 54.9 Å². The minimum Gasteiger partial charge on any atom is -0.380 e. The van der Waals surface area contributed by atoms with Gasteiger partial charge in [0, 0.05) is 33.4 Å². The summed E-state index contributed by atoms with van der Waals surface area (Å²) in [5, 5.41) is 6.49. The third-order valence-corrected chi connectivity index (χ3v) is 3.09. The minimum atomic E-state index is 0.689. The fourth-order valence-electron chi connectivity index (χ4n) is 1.91. The van der Waals surface area contributed by atoms with Gasteiger partial charge >= 0.3 is 0 Å². The van der Waals surface area contributed by atoms with Gasteiger partial charge in [-0.05, 0) is 25.3 Å². The van der Waals surface area contributed by atoms with E-state index in [0.29, 0.717) is 13.2 Å². The lowest BCUT2D eigenvalue weighted by molar-refractivity contribution is 0.117. The van der Waals surface area contributed by atoms with Crippen LogP contribution in [0.5, 0.6) is 0 Å². The van der Waals surface area contributed by atoms with Crippen molar-refractivity contribution in [1.82, 2.24) is 10.6 Å². The molecule has 0 heterocycles. The summed E-state index contributed by atoms with van der Waals surface area (Å²) in [6.07, 6.45) is 2.09. The summed E-state index contributed by atoms with van der Waals surface area (Å²) < 4.78 is 10.9. The number of aliphatic imine (C=N–C) groups is 1. The fraction of sp³-hybridized carbons (Fsp3) is 0.588. The second-order valence-electron chi connectivity index (χ2n) is 4.87. The summed E-state index contributed by atoms with van der Waals surface area (Å²) in [5.41, 5.74) is 1.22. The first-order valence-corrected chi connectivity index (χ1v) is 8.00. The zero-order valence-electron chi connectivity index (χ0n) is 13.8. The van der Waals surface area contributed by atoms with Crippen LogP contribution in [-0.2, 0) is 16.1 Å². The molecule has 0 aromatic heterocycles. The molecule has 2 N–H and O–H groups in total. The van der Waals surface area contributed by atoms with E-state index in [1.54, 1.807) is 7.05 Å². The molecule has 1 aromatic rings. The lowest BCUT2D eigenvalue weighted by Gasteiger charge is -2.11. The molecule has 1 aromatic carbocycles. The normalized spacial score (nSPS) is 11.5. The van der Waals surface area contributed by atoms with Crippen molar-refractivity contribution in [3.8, 4) is 0 Å². The van der Waals surface area contributed by atoms with Gasteiger partial charge in [-0.15, -0.1) is 0 Å². The van der Waals surface area contributed by atoms with E-state index >= 15 is 0 Å². The van der Waals surface area contributed by atoms with Gasteiger partial charge in [0.25, 0.3) is 0 Å². The molecule has 0 amide bonds. The molecule has 0 spiro atoms. The second-order valence-corrected chi connectivity index (χ2v) is 4.87. The van der Waals surface area contributed by atoms with Gasteiger partial charge in [-0.3, -0.25) is 4.99 Å². The predicted molar refractivity (Wildman–Crippen MR) is 91.2 cm³/mol. The van der Waals surface area contributed by atoms with Gasteiger partial charge in [0.2, 0.25) is 0 Å². The van der Waals surface area contributed by atoms with E-state index in [-0.39, 0.29) is 0 Å². The van der Waals surface area contributed by atoms with Crippen molar-refractivity contribution in [1.29, 1.82) is 0 Å². The number of hydrogen-bond acceptors (Lipinski definition) is 3. The zero-order chi connectivity index (χ0) is 15.9. The van der Waals surface area contributed by atoms with Crippen LogP contribution in [0, 0.1) is 0 Å². The van der Waals surface area contributed by atoms with Crippen molar-refractivity contribution < 1.29 is 9.47 Å². The quantitative estimate of drug-likeness (QED) is 0.374. The number of rotatable bonds is 11. The van der Waals surface area contributed by atoms with Crippen LogP contribution >= 0.6 is 0 Å². The molecular formula is C17H29N3O2. The molecule has 0 radical (unpaired) electrons. The van der Waals surface area contributed by atoms with Crippen LogP contribution in [-0.4, -0.2) is 45.9 Å². The van der Waals surface area contributed by atoms with Crippen molar-refractivity contribution >= 4 is 5.96 Å². The molecule has 0 saturated carbocycles. The first-order chi connectivity index (χ1) is 10.9. The third-order valence-electron chi connectivity index (χ3n) is 3.09. The number of benzene rings is 1. The van der Waals surface area contributed by atoms with E-state index in [2.05, 4.69) is 27.8 Å². The lowest BCUT2D eigenvalue weighted by Crippen LogP contribution is -2.39. The Bertz CT molecular complexity index is 396. The summed E-state index contributed by atoms with van der Waals surface area (Å²) in [4.78, 5) is 4.17. The fourth-order valence-corrected chi connectivity index (χ4v) is 1.91. The molecule has 0 bridgehead atoms. The second kappa shape index (κ2) is 13.1. The Labute approximate surface area is 134 Å². The van der Waals surface area contributed by atoms with Crippen molar-refractivity contribution in [2.24, 2.45) is 4.99 Å². The first kappa shape index (κ1) is 18.5. The average Bonchev–Trinajstić information content (AvgIpc) is 2.56. The van der Waals surface area contributed by atoms with E-state index in [4.69, 9.17) is 9.47 Å². The van der Waals surface area contributed by atoms with Crippen molar-refractivity contribution in [3.05, 3.63) is 35.9 Å². The van der Waals surface area contributed by atoms with Crippen LogP contribution in [0.25, 0.3) is 0 Å². The van der Waals surface area contributed by atoms with Gasteiger partial charge in [0.15, 0.2) is 5.96 Å². The predicted octanol–water partition coefficient (Wildman–Crippen LogP) is 2.18. The Morgan fingerprint density at radius 2 is 1.77 bits per heavy atom. The van der Waals surface area contributed by atoms with E-state index in [1.165, 1.54) is 5.56 Å². The van der Waals surface area contributed by atoms with Crippen LogP contribution in [0.2, 0.25) is 0 Å². The molecule has 124 valence electrons. The molecule has 0 aliphatic rings. The van der Waals surface area contributed by atoms with Crippen LogP contribution in [0.15, 0.2) is 35.3 Å². The number of nitrogens with zero attached hydrogens (tertiary/aromatic N) is 1. The molecule has 0 aliphatic heterocycles. The van der Waals surface area contributed by atoms with E-state index in [1.807, 2.05) is 25.1 Å². The van der Waals surface area contributed by atoms with Gasteiger partial charge in [0.05, 0.1) is 13.2 Å². The average molecular weight is 307 g/mol. The van der Waals surface area contributed by atoms with Crippen molar-refractivity contribution in [3.63, 3.8) is 0 Å². The maximum atomic E-state index is 5.65. The molecular weight excluding hydrogens is 278 g/mol. The highest BCUT2D eigenvalue weighted by Gasteiger charge is 1.97. The molecule has 0 unspecified atom stereocenters. The Morgan fingerprint density at radius 1 is 1.00 bits per heavy atom. The number of ether oxygens (including phenoxy) is 2. The van der Waals surface area contributed by atoms with Crippen LogP contribution in [0.3, 0.4) is 0 Å². The highest BCUT2D eigenvalue weighted by atomic mass is 16.5. The maximum absolute atomic E-state index is 5.65. The molecule has 5 heteroatoms. The van der Waals surface area contributed by atoms with Gasteiger partial charge in [-0.1, -0.05) is 30.3 Å². The Kier molecular flexibility index (Phi) is 11.0. The van der Waals surface area contributed by atoms with Crippen LogP contribution in [0.1, 0.15) is 25.3 Å². The summed E-state index contributed by atoms with van der Waals surface area (Å²) in [7, 11) is 1.78. The summed E-state index contributed by atoms with van der Waals surface area (Å²) >= 11 is 0. The number of unbranched alkanes of at least 4 members (excludes halogenated alkanes) is 1. The van der Waals surface area contributed by atoms with Crippen LogP contribution in [0.4, 0.5) is 0 Å². The SMILES string of the molecule is CCOCCNC(=NC)NCCCCOCc1ccccc1. The molecule has 1 rings (SSSR count). The number of hydrogen-bond donors (Lipinski definition) is 2. The zero-order valence-corrected chi connectivity index (χ0v) is 13.8. The Morgan fingerprint density at radius 3 is 2.50 bits per heavy atom. The largest absolute Gasteiger partial charge is 0.380 e. The van der Waals surface area contributed by atoms with Gasteiger partial charge < -0.3 is 20.1 Å². The number of nitrogens with one attached hydrogen (secondary N) is 2. The Balaban J connectivity index is 1.95. The van der Waals surface area contributed by atoms with Crippen LogP contribution < -0.4 is 10.6 Å². The molecule has 0 aliphatic carbocycles. The van der Waals surface area contributed by atoms with Gasteiger partial charge in [-0.2, -0.15) is 0 Å². The standard InChI is InChI=1S/C17H29N3O2/c1-3-21-14-12-20-17(18-2)19-11-7-8-13-22-15-16-9-5-4-6-10-16/h4-6,9-10H,3,7-8,11-15H2,1-2H3,(H2,18,19,20). The van der Waals surface area contributed by atoms with E-state index in [0.717, 1.165) is 45.1 Å². The summed E-state index contributed by atoms with van der Waals surface area (Å²) in [5.74, 6) is 0.824. The molecule has 0 fully saturated rings. The molecule has 22 heavy (non-hydrogen) atoms. The molecule has 0 saturated heterocycles. The van der Waals surface area contributed by atoms with Crippen molar-refractivity contribution in [2.75, 3.05) is 40.0 Å². The van der Waals surface area contributed by atoms with Gasteiger partial charge in [-0.25, -0.2) is 0 Å². The maximum Gasteiger partial charge on any atom is 0.191 e. The first-order valence-electron chi connectivity index (χ1n) is 8.00. The van der Waals surface area contributed by atoms with E-state index < -0.39 is 0 Å². The minimum absolute atomic E-state index is 0.689.